The van der Waals surface area contributed by atoms with Crippen LogP contribution in [-0.2, 0) is 0 Å². The van der Waals surface area contributed by atoms with E-state index >= 15 is 0 Å². The van der Waals surface area contributed by atoms with Gasteiger partial charge in [0.1, 0.15) is 5.92 Å². The Morgan fingerprint density at radius 1 is 0.882 bits per heavy atom. The minimum atomic E-state index is -0.659. The van der Waals surface area contributed by atoms with Crippen LogP contribution in [0.15, 0.2) is 47.8 Å². The normalized spacial score (nSPS) is 11.4. The van der Waals surface area contributed by atoms with Crippen LogP contribution in [0.1, 0.15) is 22.7 Å². The highest BCUT2D eigenvalue weighted by Gasteiger charge is 2.18. The number of anilines is 1. The summed E-state index contributed by atoms with van der Waals surface area (Å²) in [5, 5.41) is 14.0. The molecule has 1 N–H and O–H groups in total. The number of nitrogens with one attached hydrogen (secondary N) is 1. The van der Waals surface area contributed by atoms with Crippen molar-refractivity contribution >= 4 is 12.0 Å². The lowest BCUT2D eigenvalue weighted by Crippen LogP contribution is -2.05. The first-order valence-corrected chi connectivity index (χ1v) is 10.1. The maximum Gasteiger partial charge on any atom is 0.203 e. The Kier molecular flexibility index (Phi) is 8.07. The molecular weight excluding hydrogens is 438 g/mol. The Bertz CT molecular complexity index is 1180. The molecule has 10 nitrogen and oxygen atoms in total. The zero-order valence-electron chi connectivity index (χ0n) is 19.5. The van der Waals surface area contributed by atoms with Crippen LogP contribution < -0.4 is 29.1 Å². The number of methoxy groups -OCH3 is 5. The number of ether oxygens (including phenoxy) is 5. The second-order valence-electron chi connectivity index (χ2n) is 6.83. The Balaban J connectivity index is 1.82. The van der Waals surface area contributed by atoms with Gasteiger partial charge in [0.15, 0.2) is 28.8 Å². The molecule has 0 saturated carbocycles. The minimum Gasteiger partial charge on any atom is -0.493 e. The lowest BCUT2D eigenvalue weighted by Gasteiger charge is -2.13. The molecule has 0 bridgehead atoms. The number of aromatic nitrogens is 2. The Hall–Kier alpha value is -4.52. The minimum absolute atomic E-state index is 0.377. The number of benzene rings is 2. The van der Waals surface area contributed by atoms with E-state index in [0.717, 1.165) is 0 Å². The number of hydrazone groups is 1. The van der Waals surface area contributed by atoms with Crippen molar-refractivity contribution in [1.82, 2.24) is 9.97 Å². The summed E-state index contributed by atoms with van der Waals surface area (Å²) in [6, 6.07) is 11.1. The van der Waals surface area contributed by atoms with Crippen LogP contribution >= 0.6 is 0 Å². The third-order valence-corrected chi connectivity index (χ3v) is 4.90. The third kappa shape index (κ3) is 5.27. The van der Waals surface area contributed by atoms with Crippen molar-refractivity contribution in [2.75, 3.05) is 41.0 Å². The summed E-state index contributed by atoms with van der Waals surface area (Å²) in [6.45, 7) is 0. The Morgan fingerprint density at radius 2 is 1.56 bits per heavy atom. The smallest absolute Gasteiger partial charge is 0.203 e. The highest BCUT2D eigenvalue weighted by atomic mass is 16.5. The quantitative estimate of drug-likeness (QED) is 0.355. The lowest BCUT2D eigenvalue weighted by molar-refractivity contribution is 0.324. The zero-order chi connectivity index (χ0) is 24.5. The molecule has 34 heavy (non-hydrogen) atoms. The molecule has 10 heteroatoms. The van der Waals surface area contributed by atoms with Crippen molar-refractivity contribution in [1.29, 1.82) is 5.26 Å². The molecular formula is C24H25N5O5. The standard InChI is InChI=1S/C24H25N5O5/c1-30-19-7-6-16(10-20(19)31-2)17(11-25)18-13-26-14-23(28-18)29-27-12-15-8-21(32-3)24(34-5)22(9-15)33-4/h6-10,12-14,17H,1-5H3,(H,28,29)/b27-12+. The monoisotopic (exact) mass is 463 g/mol. The van der Waals surface area contributed by atoms with Gasteiger partial charge in [-0.3, -0.25) is 10.4 Å². The molecule has 1 heterocycles. The second-order valence-corrected chi connectivity index (χ2v) is 6.83. The zero-order valence-corrected chi connectivity index (χ0v) is 19.5. The maximum atomic E-state index is 9.81. The SMILES string of the molecule is COc1ccc(C(C#N)c2cncc(N/N=C/c3cc(OC)c(OC)c(OC)c3)n2)cc1OC. The van der Waals surface area contributed by atoms with Gasteiger partial charge in [0.05, 0.1) is 65.9 Å². The molecule has 0 aliphatic heterocycles. The van der Waals surface area contributed by atoms with Gasteiger partial charge in [0.2, 0.25) is 5.75 Å². The molecule has 0 saturated heterocycles. The first-order valence-electron chi connectivity index (χ1n) is 10.1. The van der Waals surface area contributed by atoms with Gasteiger partial charge in [-0.15, -0.1) is 0 Å². The number of rotatable bonds is 10. The highest BCUT2D eigenvalue weighted by molar-refractivity contribution is 5.83. The van der Waals surface area contributed by atoms with Gasteiger partial charge in [0.25, 0.3) is 0 Å². The van der Waals surface area contributed by atoms with Crippen LogP contribution in [-0.4, -0.2) is 51.7 Å². The fraction of sp³-hybridized carbons (Fsp3) is 0.250. The molecule has 0 amide bonds. The fourth-order valence-corrected chi connectivity index (χ4v) is 3.27. The molecule has 1 aromatic heterocycles. The van der Waals surface area contributed by atoms with Crippen LogP contribution in [0.3, 0.4) is 0 Å². The lowest BCUT2D eigenvalue weighted by atomic mass is 9.97. The van der Waals surface area contributed by atoms with Gasteiger partial charge in [-0.05, 0) is 29.8 Å². The molecule has 1 atom stereocenters. The van der Waals surface area contributed by atoms with E-state index in [1.165, 1.54) is 13.3 Å². The first kappa shape index (κ1) is 24.1. The van der Waals surface area contributed by atoms with Crippen LogP contribution in [0.25, 0.3) is 0 Å². The van der Waals surface area contributed by atoms with Crippen molar-refractivity contribution in [3.8, 4) is 34.8 Å². The molecule has 1 unspecified atom stereocenters. The van der Waals surface area contributed by atoms with E-state index in [9.17, 15) is 5.26 Å². The van der Waals surface area contributed by atoms with Gasteiger partial charge in [0, 0.05) is 5.56 Å². The largest absolute Gasteiger partial charge is 0.493 e. The highest BCUT2D eigenvalue weighted by Crippen LogP contribution is 2.37. The number of hydrogen-bond donors (Lipinski definition) is 1. The molecule has 0 radical (unpaired) electrons. The summed E-state index contributed by atoms with van der Waals surface area (Å²) in [5.74, 6) is 2.33. The number of nitrogens with zero attached hydrogens (tertiary/aromatic N) is 4. The van der Waals surface area contributed by atoms with Crippen LogP contribution in [0.2, 0.25) is 0 Å². The summed E-state index contributed by atoms with van der Waals surface area (Å²) in [4.78, 5) is 8.69. The fourth-order valence-electron chi connectivity index (χ4n) is 3.27. The molecule has 176 valence electrons. The van der Waals surface area contributed by atoms with Gasteiger partial charge in [-0.25, -0.2) is 4.98 Å². The van der Waals surface area contributed by atoms with E-state index in [0.29, 0.717) is 51.4 Å². The van der Waals surface area contributed by atoms with Gasteiger partial charge in [-0.2, -0.15) is 10.4 Å². The maximum absolute atomic E-state index is 9.81. The summed E-state index contributed by atoms with van der Waals surface area (Å²) in [6.07, 6.45) is 4.63. The Labute approximate surface area is 197 Å². The number of hydrogen-bond acceptors (Lipinski definition) is 10. The molecule has 3 rings (SSSR count). The summed E-state index contributed by atoms with van der Waals surface area (Å²) < 4.78 is 26.7. The third-order valence-electron chi connectivity index (χ3n) is 4.90. The average Bonchev–Trinajstić information content (AvgIpc) is 2.88. The summed E-state index contributed by atoms with van der Waals surface area (Å²) in [7, 11) is 7.72. The summed E-state index contributed by atoms with van der Waals surface area (Å²) >= 11 is 0. The molecule has 0 aliphatic rings. The molecule has 0 fully saturated rings. The van der Waals surface area contributed by atoms with E-state index < -0.39 is 5.92 Å². The predicted molar refractivity (Wildman–Crippen MR) is 126 cm³/mol. The molecule has 3 aromatic rings. The molecule has 2 aromatic carbocycles. The van der Waals surface area contributed by atoms with Crippen molar-refractivity contribution in [3.05, 3.63) is 59.5 Å². The van der Waals surface area contributed by atoms with E-state index in [4.69, 9.17) is 23.7 Å². The van der Waals surface area contributed by atoms with Gasteiger partial charge < -0.3 is 23.7 Å². The van der Waals surface area contributed by atoms with E-state index in [1.54, 1.807) is 71.2 Å². The molecule has 0 spiro atoms. The average molecular weight is 463 g/mol. The van der Waals surface area contributed by atoms with E-state index in [2.05, 4.69) is 26.6 Å². The van der Waals surface area contributed by atoms with Gasteiger partial charge in [-0.1, -0.05) is 6.07 Å². The van der Waals surface area contributed by atoms with Crippen molar-refractivity contribution in [2.24, 2.45) is 5.10 Å². The second kappa shape index (κ2) is 11.4. The predicted octanol–water partition coefficient (Wildman–Crippen LogP) is 3.62. The van der Waals surface area contributed by atoms with Crippen molar-refractivity contribution in [2.45, 2.75) is 5.92 Å². The van der Waals surface area contributed by atoms with Crippen LogP contribution in [0.5, 0.6) is 28.7 Å². The van der Waals surface area contributed by atoms with Crippen LogP contribution in [0, 0.1) is 11.3 Å². The van der Waals surface area contributed by atoms with E-state index in [-0.39, 0.29) is 0 Å². The number of nitriles is 1. The summed E-state index contributed by atoms with van der Waals surface area (Å²) in [5.41, 5.74) is 4.71. The van der Waals surface area contributed by atoms with Crippen molar-refractivity contribution in [3.63, 3.8) is 0 Å². The van der Waals surface area contributed by atoms with E-state index in [1.807, 2.05) is 0 Å². The van der Waals surface area contributed by atoms with Crippen molar-refractivity contribution < 1.29 is 23.7 Å². The topological polar surface area (TPSA) is 120 Å². The Morgan fingerprint density at radius 3 is 2.15 bits per heavy atom. The molecule has 0 aliphatic carbocycles. The van der Waals surface area contributed by atoms with Crippen LogP contribution in [0.4, 0.5) is 5.82 Å². The van der Waals surface area contributed by atoms with Gasteiger partial charge >= 0.3 is 0 Å². The first-order chi connectivity index (χ1) is 16.6.